The molecule has 0 aliphatic heterocycles. The van der Waals surface area contributed by atoms with E-state index >= 15 is 0 Å². The molecule has 74 heavy (non-hydrogen) atoms. The highest BCUT2D eigenvalue weighted by Crippen LogP contribution is 2.19. The molecule has 0 aromatic rings. The van der Waals surface area contributed by atoms with E-state index < -0.39 is 12.1 Å². The number of amides is 1. The van der Waals surface area contributed by atoms with E-state index in [1.165, 1.54) is 308 Å². The SMILES string of the molecule is CCCCCCCCC/C=C\CCCCCCCC(=O)OCCCCCCCCCCCCCCCCCCCCCCCCCCCC(=O)NC(CO)C(O)CCCCCCCCCCCCCCCCCC. The number of ether oxygens (including phenoxy) is 1. The number of allylic oxidation sites excluding steroid dienone is 2. The van der Waals surface area contributed by atoms with Gasteiger partial charge in [-0.05, 0) is 51.4 Å². The van der Waals surface area contributed by atoms with E-state index in [2.05, 4.69) is 31.3 Å². The molecule has 6 heteroatoms. The number of carbonyl (C=O) groups excluding carboxylic acids is 2. The van der Waals surface area contributed by atoms with Crippen LogP contribution in [0.15, 0.2) is 12.2 Å². The lowest BCUT2D eigenvalue weighted by Gasteiger charge is -2.22. The number of hydrogen-bond acceptors (Lipinski definition) is 5. The molecular formula is C68H133NO5. The fourth-order valence-electron chi connectivity index (χ4n) is 10.9. The zero-order chi connectivity index (χ0) is 53.6. The zero-order valence-corrected chi connectivity index (χ0v) is 50.4. The summed E-state index contributed by atoms with van der Waals surface area (Å²) >= 11 is 0. The Morgan fingerprint density at radius 2 is 0.635 bits per heavy atom. The maximum Gasteiger partial charge on any atom is 0.305 e. The molecule has 0 rings (SSSR count). The van der Waals surface area contributed by atoms with Gasteiger partial charge in [-0.25, -0.2) is 0 Å². The largest absolute Gasteiger partial charge is 0.466 e. The Kier molecular flexibility index (Phi) is 62.9. The third kappa shape index (κ3) is 59.8. The Morgan fingerprint density at radius 3 is 0.959 bits per heavy atom. The summed E-state index contributed by atoms with van der Waals surface area (Å²) in [4.78, 5) is 24.6. The van der Waals surface area contributed by atoms with Crippen LogP contribution in [0.1, 0.15) is 386 Å². The van der Waals surface area contributed by atoms with Gasteiger partial charge in [0, 0.05) is 12.8 Å². The monoisotopic (exact) mass is 1040 g/mol. The topological polar surface area (TPSA) is 95.9 Å². The van der Waals surface area contributed by atoms with Crippen molar-refractivity contribution in [2.24, 2.45) is 0 Å². The summed E-state index contributed by atoms with van der Waals surface area (Å²) in [5.41, 5.74) is 0. The summed E-state index contributed by atoms with van der Waals surface area (Å²) < 4.78 is 5.49. The lowest BCUT2D eigenvalue weighted by molar-refractivity contribution is -0.143. The molecule has 0 aromatic carbocycles. The molecule has 0 saturated carbocycles. The van der Waals surface area contributed by atoms with Crippen molar-refractivity contribution in [3.05, 3.63) is 12.2 Å². The van der Waals surface area contributed by atoms with Gasteiger partial charge in [-0.1, -0.05) is 334 Å². The van der Waals surface area contributed by atoms with Crippen molar-refractivity contribution in [1.29, 1.82) is 0 Å². The molecule has 0 aliphatic carbocycles. The second kappa shape index (κ2) is 64.1. The van der Waals surface area contributed by atoms with Crippen molar-refractivity contribution in [1.82, 2.24) is 5.32 Å². The number of carbonyl (C=O) groups is 2. The molecule has 0 aromatic heterocycles. The molecule has 0 aliphatic rings. The number of rotatable bonds is 64. The van der Waals surface area contributed by atoms with E-state index in [1.807, 2.05) is 0 Å². The van der Waals surface area contributed by atoms with E-state index in [9.17, 15) is 19.8 Å². The lowest BCUT2D eigenvalue weighted by Crippen LogP contribution is -2.45. The lowest BCUT2D eigenvalue weighted by atomic mass is 10.0. The van der Waals surface area contributed by atoms with E-state index in [4.69, 9.17) is 4.74 Å². The van der Waals surface area contributed by atoms with Crippen molar-refractivity contribution in [2.45, 2.75) is 398 Å². The molecule has 1 amide bonds. The first kappa shape index (κ1) is 72.6. The van der Waals surface area contributed by atoms with Gasteiger partial charge in [0.2, 0.25) is 5.91 Å². The predicted molar refractivity (Wildman–Crippen MR) is 324 cm³/mol. The summed E-state index contributed by atoms with van der Waals surface area (Å²) in [6, 6.07) is -0.539. The molecular weight excluding hydrogens is 911 g/mol. The number of nitrogens with one attached hydrogen (secondary N) is 1. The number of hydrogen-bond donors (Lipinski definition) is 3. The van der Waals surface area contributed by atoms with Crippen LogP contribution in [0.3, 0.4) is 0 Å². The minimum Gasteiger partial charge on any atom is -0.466 e. The van der Waals surface area contributed by atoms with Crippen LogP contribution in [0.2, 0.25) is 0 Å². The van der Waals surface area contributed by atoms with Crippen LogP contribution in [-0.4, -0.2) is 47.4 Å². The Bertz CT molecular complexity index is 1110. The van der Waals surface area contributed by atoms with Crippen molar-refractivity contribution in [3.8, 4) is 0 Å². The molecule has 0 saturated heterocycles. The molecule has 2 unspecified atom stereocenters. The summed E-state index contributed by atoms with van der Waals surface area (Å²) in [6.45, 7) is 4.98. The Balaban J connectivity index is 3.35. The third-order valence-electron chi connectivity index (χ3n) is 16.1. The first-order valence-electron chi connectivity index (χ1n) is 33.9. The van der Waals surface area contributed by atoms with E-state index in [0.717, 1.165) is 44.9 Å². The fraction of sp³-hybridized carbons (Fsp3) is 0.941. The molecule has 0 fully saturated rings. The average Bonchev–Trinajstić information content (AvgIpc) is 3.40. The highest BCUT2D eigenvalue weighted by atomic mass is 16.5. The van der Waals surface area contributed by atoms with Gasteiger partial charge < -0.3 is 20.3 Å². The van der Waals surface area contributed by atoms with Crippen LogP contribution in [0.4, 0.5) is 0 Å². The molecule has 2 atom stereocenters. The van der Waals surface area contributed by atoms with Crippen molar-refractivity contribution >= 4 is 11.9 Å². The summed E-state index contributed by atoms with van der Waals surface area (Å²) in [7, 11) is 0. The molecule has 0 bridgehead atoms. The maximum atomic E-state index is 12.5. The van der Waals surface area contributed by atoms with Crippen LogP contribution < -0.4 is 5.32 Å². The minimum absolute atomic E-state index is 0.00998. The molecule has 440 valence electrons. The van der Waals surface area contributed by atoms with Gasteiger partial charge in [0.05, 0.1) is 25.4 Å². The van der Waals surface area contributed by atoms with Crippen LogP contribution in [0, 0.1) is 0 Å². The summed E-state index contributed by atoms with van der Waals surface area (Å²) in [5, 5.41) is 23.3. The molecule has 0 spiro atoms. The number of aliphatic hydroxyl groups excluding tert-OH is 2. The van der Waals surface area contributed by atoms with Crippen molar-refractivity contribution in [2.75, 3.05) is 13.2 Å². The van der Waals surface area contributed by atoms with E-state index in [0.29, 0.717) is 25.9 Å². The molecule has 0 radical (unpaired) electrons. The number of esters is 1. The van der Waals surface area contributed by atoms with E-state index in [-0.39, 0.29) is 18.5 Å². The first-order valence-corrected chi connectivity index (χ1v) is 33.9. The van der Waals surface area contributed by atoms with Gasteiger partial charge in [-0.3, -0.25) is 9.59 Å². The molecule has 0 heterocycles. The molecule has 6 nitrogen and oxygen atoms in total. The summed E-state index contributed by atoms with van der Waals surface area (Å²) in [6.07, 6.45) is 78.2. The minimum atomic E-state index is -0.662. The van der Waals surface area contributed by atoms with Crippen molar-refractivity contribution in [3.63, 3.8) is 0 Å². The number of unbranched alkanes of at least 4 members (excludes halogenated alkanes) is 51. The van der Waals surface area contributed by atoms with Gasteiger partial charge in [-0.15, -0.1) is 0 Å². The third-order valence-corrected chi connectivity index (χ3v) is 16.1. The smallest absolute Gasteiger partial charge is 0.305 e. The quantitative estimate of drug-likeness (QED) is 0.0320. The Hall–Kier alpha value is -1.40. The first-order chi connectivity index (χ1) is 36.5. The average molecular weight is 1040 g/mol. The predicted octanol–water partition coefficient (Wildman–Crippen LogP) is 21.6. The maximum absolute atomic E-state index is 12.5. The zero-order valence-electron chi connectivity index (χ0n) is 50.4. The van der Waals surface area contributed by atoms with Crippen LogP contribution in [-0.2, 0) is 14.3 Å². The van der Waals surface area contributed by atoms with Crippen LogP contribution in [0.25, 0.3) is 0 Å². The second-order valence-electron chi connectivity index (χ2n) is 23.5. The van der Waals surface area contributed by atoms with Crippen LogP contribution >= 0.6 is 0 Å². The van der Waals surface area contributed by atoms with Gasteiger partial charge in [-0.2, -0.15) is 0 Å². The van der Waals surface area contributed by atoms with Crippen molar-refractivity contribution < 1.29 is 24.5 Å². The highest BCUT2D eigenvalue weighted by molar-refractivity contribution is 5.76. The van der Waals surface area contributed by atoms with E-state index in [1.54, 1.807) is 0 Å². The summed E-state index contributed by atoms with van der Waals surface area (Å²) in [5.74, 6) is -0.0199. The highest BCUT2D eigenvalue weighted by Gasteiger charge is 2.20. The molecule has 3 N–H and O–H groups in total. The van der Waals surface area contributed by atoms with Gasteiger partial charge in [0.15, 0.2) is 0 Å². The number of aliphatic hydroxyl groups is 2. The van der Waals surface area contributed by atoms with Gasteiger partial charge in [0.1, 0.15) is 0 Å². The fourth-order valence-corrected chi connectivity index (χ4v) is 10.9. The van der Waals surface area contributed by atoms with Crippen LogP contribution in [0.5, 0.6) is 0 Å². The Morgan fingerprint density at radius 1 is 0.365 bits per heavy atom. The Labute approximate surface area is 463 Å². The van der Waals surface area contributed by atoms with Gasteiger partial charge >= 0.3 is 5.97 Å². The van der Waals surface area contributed by atoms with Gasteiger partial charge in [0.25, 0.3) is 0 Å². The standard InChI is InChI=1S/C68H133NO5/c1-3-5-7-9-11-13-15-17-19-32-36-40-44-48-52-56-60-66(71)65(64-70)69-67(72)61-57-53-49-45-41-37-33-30-28-26-24-22-21-23-25-27-29-31-35-39-43-47-51-55-59-63-74-68(73)62-58-54-50-46-42-38-34-20-18-16-14-12-10-8-6-4-2/h20,34,65-66,70-71H,3-19,21-33,35-64H2,1-2H3,(H,69,72)/b34-20-. The normalized spacial score (nSPS) is 12.5. The second-order valence-corrected chi connectivity index (χ2v) is 23.5.